The number of pyridine rings is 3. The van der Waals surface area contributed by atoms with E-state index in [2.05, 4.69) is 101 Å². The van der Waals surface area contributed by atoms with E-state index < -0.39 is 0 Å². The largest absolute Gasteiger partial charge is 0.265 e. The molecule has 0 fully saturated rings. The van der Waals surface area contributed by atoms with Gasteiger partial charge in [-0.2, -0.15) is 0 Å². The fourth-order valence-electron chi connectivity index (χ4n) is 3.02. The zero-order chi connectivity index (χ0) is 34.8. The molecular weight excluding hydrogens is 546 g/mol. The minimum Gasteiger partial charge on any atom is -0.265 e. The normalized spacial score (nSPS) is 8.62. The Hall–Kier alpha value is -3.33. The van der Waals surface area contributed by atoms with Crippen LogP contribution in [0.2, 0.25) is 0 Å². The van der Waals surface area contributed by atoms with Crippen LogP contribution in [0.15, 0.2) is 104 Å². The first-order valence-corrected chi connectivity index (χ1v) is 17.0. The molecule has 256 valence electrons. The Kier molecular flexibility index (Phi) is 44.1. The third-order valence-electron chi connectivity index (χ3n) is 5.47. The van der Waals surface area contributed by atoms with Gasteiger partial charge in [0.1, 0.15) is 0 Å². The van der Waals surface area contributed by atoms with E-state index >= 15 is 0 Å². The molecule has 3 heteroatoms. The predicted molar refractivity (Wildman–Crippen MR) is 208 cm³/mol. The summed E-state index contributed by atoms with van der Waals surface area (Å²) >= 11 is 0. The van der Waals surface area contributed by atoms with Crippen LogP contribution in [-0.4, -0.2) is 15.0 Å². The van der Waals surface area contributed by atoms with E-state index in [1.165, 1.54) is 16.7 Å². The molecule has 0 saturated carbocycles. The van der Waals surface area contributed by atoms with Gasteiger partial charge in [0.05, 0.1) is 0 Å². The van der Waals surface area contributed by atoms with Crippen molar-refractivity contribution in [2.45, 2.75) is 142 Å². The minimum atomic E-state index is 0. The summed E-state index contributed by atoms with van der Waals surface area (Å²) in [7, 11) is 0. The molecule has 0 atom stereocenters. The van der Waals surface area contributed by atoms with Crippen LogP contribution in [0.5, 0.6) is 0 Å². The minimum absolute atomic E-state index is 0. The Balaban J connectivity index is -0.000000146. The molecule has 0 radical (unpaired) electrons. The third kappa shape index (κ3) is 30.5. The van der Waals surface area contributed by atoms with Crippen molar-refractivity contribution in [3.63, 3.8) is 0 Å². The van der Waals surface area contributed by atoms with Crippen molar-refractivity contribution in [3.05, 3.63) is 126 Å². The van der Waals surface area contributed by atoms with E-state index in [-0.39, 0.29) is 7.43 Å². The topological polar surface area (TPSA) is 38.7 Å². The van der Waals surface area contributed by atoms with Crippen LogP contribution in [-0.2, 0) is 0 Å². The number of benzene rings is 1. The van der Waals surface area contributed by atoms with Crippen molar-refractivity contribution < 1.29 is 0 Å². The van der Waals surface area contributed by atoms with Gasteiger partial charge in [0.25, 0.3) is 0 Å². The van der Waals surface area contributed by atoms with Crippen LogP contribution in [0, 0.1) is 0 Å². The first-order chi connectivity index (χ1) is 21.2. The van der Waals surface area contributed by atoms with E-state index in [1.54, 1.807) is 6.20 Å². The highest BCUT2D eigenvalue weighted by Crippen LogP contribution is 2.12. The van der Waals surface area contributed by atoms with Crippen molar-refractivity contribution in [3.8, 4) is 0 Å². The maximum Gasteiger partial charge on any atom is 0.0428 e. The quantitative estimate of drug-likeness (QED) is 0.228. The molecule has 0 amide bonds. The molecule has 0 aliphatic rings. The molecule has 3 nitrogen and oxygen atoms in total. The summed E-state index contributed by atoms with van der Waals surface area (Å²) in [5.41, 5.74) is 5.23. The molecule has 3 heterocycles. The second kappa shape index (κ2) is 38.7. The van der Waals surface area contributed by atoms with Gasteiger partial charge in [-0.25, -0.2) is 0 Å². The van der Waals surface area contributed by atoms with Gasteiger partial charge in [-0.3, -0.25) is 15.0 Å². The molecule has 0 N–H and O–H groups in total. The standard InChI is InChI=1S/C9H12.3C8H11N.4C2H6.CH4/c1-8(2)9-6-4-3-5-7-9;1-7(2)8-3-5-9-6-4-8;1-7(2)8-4-3-5-9-6-8;1-7(2)8-5-3-4-6-9-8;4*1-2;/h3-8H,1-2H3;3*3-7H,1-2H3;4*1-2H3;1H4. The molecule has 4 rings (SSSR count). The van der Waals surface area contributed by atoms with E-state index in [0.717, 1.165) is 5.69 Å². The lowest BCUT2D eigenvalue weighted by Crippen LogP contribution is -1.88. The lowest BCUT2D eigenvalue weighted by atomic mass is 10.0. The van der Waals surface area contributed by atoms with Gasteiger partial charge in [0, 0.05) is 36.7 Å². The Bertz CT molecular complexity index is 841. The smallest absolute Gasteiger partial charge is 0.0428 e. The maximum atomic E-state index is 4.18. The maximum absolute atomic E-state index is 4.18. The molecule has 1 aromatic carbocycles. The first kappa shape index (κ1) is 51.3. The highest BCUT2D eigenvalue weighted by atomic mass is 14.7. The Morgan fingerprint density at radius 1 is 0.378 bits per heavy atom. The van der Waals surface area contributed by atoms with Gasteiger partial charge in [-0.05, 0) is 70.7 Å². The van der Waals surface area contributed by atoms with E-state index in [4.69, 9.17) is 0 Å². The Morgan fingerprint density at radius 3 is 1.07 bits per heavy atom. The molecular formula is C42H73N3. The number of aromatic nitrogens is 3. The molecule has 3 aromatic heterocycles. The SMILES string of the molecule is C.CC.CC.CC.CC.CC(C)c1ccccc1.CC(C)c1ccccn1.CC(C)c1cccnc1.CC(C)c1ccncc1. The summed E-state index contributed by atoms with van der Waals surface area (Å²) in [5.74, 6) is 2.42. The predicted octanol–water partition coefficient (Wildman–Crippen LogP) is 14.2. The van der Waals surface area contributed by atoms with Crippen molar-refractivity contribution in [1.29, 1.82) is 0 Å². The van der Waals surface area contributed by atoms with Crippen LogP contribution >= 0.6 is 0 Å². The summed E-state index contributed by atoms with van der Waals surface area (Å²) < 4.78 is 0. The molecule has 0 unspecified atom stereocenters. The Labute approximate surface area is 282 Å². The number of rotatable bonds is 4. The van der Waals surface area contributed by atoms with Crippen LogP contribution in [0.4, 0.5) is 0 Å². The van der Waals surface area contributed by atoms with Crippen molar-refractivity contribution in [1.82, 2.24) is 15.0 Å². The summed E-state index contributed by atoms with van der Waals surface area (Å²) in [5, 5.41) is 0. The molecule has 0 aliphatic heterocycles. The van der Waals surface area contributed by atoms with Gasteiger partial charge in [0.15, 0.2) is 0 Å². The number of nitrogens with zero attached hydrogens (tertiary/aromatic N) is 3. The van der Waals surface area contributed by atoms with Gasteiger partial charge < -0.3 is 0 Å². The van der Waals surface area contributed by atoms with Crippen molar-refractivity contribution in [2.75, 3.05) is 0 Å². The van der Waals surface area contributed by atoms with Crippen molar-refractivity contribution >= 4 is 0 Å². The van der Waals surface area contributed by atoms with Gasteiger partial charge in [-0.15, -0.1) is 0 Å². The first-order valence-electron chi connectivity index (χ1n) is 17.0. The highest BCUT2D eigenvalue weighted by molar-refractivity contribution is 5.17. The summed E-state index contributed by atoms with van der Waals surface area (Å²) in [6.45, 7) is 33.4. The third-order valence-corrected chi connectivity index (χ3v) is 5.47. The monoisotopic (exact) mass is 620 g/mol. The molecule has 0 saturated heterocycles. The zero-order valence-corrected chi connectivity index (χ0v) is 31.5. The Morgan fingerprint density at radius 2 is 0.800 bits per heavy atom. The van der Waals surface area contributed by atoms with Gasteiger partial charge >= 0.3 is 0 Å². The van der Waals surface area contributed by atoms with E-state index in [1.807, 2.05) is 123 Å². The second-order valence-corrected chi connectivity index (χ2v) is 9.85. The molecule has 0 spiro atoms. The fraction of sp³-hybridized carbons (Fsp3) is 0.500. The van der Waals surface area contributed by atoms with Crippen LogP contribution in [0.1, 0.15) is 164 Å². The summed E-state index contributed by atoms with van der Waals surface area (Å²) in [4.78, 5) is 12.1. The molecule has 45 heavy (non-hydrogen) atoms. The van der Waals surface area contributed by atoms with Crippen molar-refractivity contribution in [2.24, 2.45) is 0 Å². The average molecular weight is 620 g/mol. The second-order valence-electron chi connectivity index (χ2n) is 9.85. The molecule has 4 aromatic rings. The van der Waals surface area contributed by atoms with Gasteiger partial charge in [0.2, 0.25) is 0 Å². The van der Waals surface area contributed by atoms with Crippen LogP contribution in [0.25, 0.3) is 0 Å². The molecule has 0 aliphatic carbocycles. The summed E-state index contributed by atoms with van der Waals surface area (Å²) in [6, 6.07) is 24.7. The average Bonchev–Trinajstić information content (AvgIpc) is 3.11. The van der Waals surface area contributed by atoms with E-state index in [0.29, 0.717) is 23.7 Å². The number of hydrogen-bond acceptors (Lipinski definition) is 3. The van der Waals surface area contributed by atoms with Crippen LogP contribution in [0.3, 0.4) is 0 Å². The lowest BCUT2D eigenvalue weighted by Gasteiger charge is -2.01. The van der Waals surface area contributed by atoms with Crippen LogP contribution < -0.4 is 0 Å². The number of hydrogen-bond donors (Lipinski definition) is 0. The molecule has 0 bridgehead atoms. The van der Waals surface area contributed by atoms with Gasteiger partial charge in [-0.1, -0.05) is 161 Å². The van der Waals surface area contributed by atoms with E-state index in [9.17, 15) is 0 Å². The highest BCUT2D eigenvalue weighted by Gasteiger charge is 1.96. The fourth-order valence-corrected chi connectivity index (χ4v) is 3.02. The lowest BCUT2D eigenvalue weighted by molar-refractivity contribution is 0.823. The zero-order valence-electron chi connectivity index (χ0n) is 31.5. The summed E-state index contributed by atoms with van der Waals surface area (Å²) in [6.07, 6.45) is 9.19.